The van der Waals surface area contributed by atoms with Crippen LogP contribution < -0.4 is 0 Å². The molecule has 0 aromatic rings. The SMILES string of the molecule is COC(=O)C(=C(C)C)N1C(=O)[C@H]([C@@H](C)O)[C@H]1SC. The Kier molecular flexibility index (Phi) is 4.81. The summed E-state index contributed by atoms with van der Waals surface area (Å²) in [5.74, 6) is -1.21. The molecule has 6 heteroatoms. The number of rotatable bonds is 4. The summed E-state index contributed by atoms with van der Waals surface area (Å²) in [5, 5.41) is 9.36. The molecule has 1 rings (SSSR count). The predicted octanol–water partition coefficient (Wildman–Crippen LogP) is 0.982. The number of esters is 1. The van der Waals surface area contributed by atoms with E-state index in [4.69, 9.17) is 4.74 Å². The summed E-state index contributed by atoms with van der Waals surface area (Å²) in [6, 6.07) is 0. The minimum Gasteiger partial charge on any atom is -0.464 e. The van der Waals surface area contributed by atoms with E-state index in [9.17, 15) is 14.7 Å². The zero-order chi connectivity index (χ0) is 14.0. The third-order valence-electron chi connectivity index (χ3n) is 2.94. The van der Waals surface area contributed by atoms with Crippen LogP contribution in [-0.4, -0.2) is 46.7 Å². The summed E-state index contributed by atoms with van der Waals surface area (Å²) in [4.78, 5) is 25.2. The van der Waals surface area contributed by atoms with Gasteiger partial charge in [0.25, 0.3) is 0 Å². The zero-order valence-electron chi connectivity index (χ0n) is 11.3. The summed E-state index contributed by atoms with van der Waals surface area (Å²) in [5.41, 5.74) is 0.997. The van der Waals surface area contributed by atoms with E-state index in [0.29, 0.717) is 0 Å². The molecule has 0 radical (unpaired) electrons. The van der Waals surface area contributed by atoms with Gasteiger partial charge in [-0.25, -0.2) is 4.79 Å². The molecule has 0 unspecified atom stereocenters. The summed E-state index contributed by atoms with van der Waals surface area (Å²) >= 11 is 1.44. The summed E-state index contributed by atoms with van der Waals surface area (Å²) in [7, 11) is 1.29. The van der Waals surface area contributed by atoms with E-state index in [1.807, 2.05) is 6.26 Å². The van der Waals surface area contributed by atoms with Crippen molar-refractivity contribution in [2.24, 2.45) is 5.92 Å². The Morgan fingerprint density at radius 2 is 2.06 bits per heavy atom. The van der Waals surface area contributed by atoms with E-state index in [1.165, 1.54) is 23.8 Å². The van der Waals surface area contributed by atoms with Crippen LogP contribution in [0.4, 0.5) is 0 Å². The third-order valence-corrected chi connectivity index (χ3v) is 3.93. The predicted molar refractivity (Wildman–Crippen MR) is 69.7 cm³/mol. The number of hydrogen-bond donors (Lipinski definition) is 1. The van der Waals surface area contributed by atoms with Gasteiger partial charge in [-0.1, -0.05) is 0 Å². The molecule has 0 aliphatic carbocycles. The van der Waals surface area contributed by atoms with Gasteiger partial charge in [0.05, 0.1) is 24.5 Å². The number of hydrogen-bond acceptors (Lipinski definition) is 5. The van der Waals surface area contributed by atoms with Crippen molar-refractivity contribution in [3.05, 3.63) is 11.3 Å². The largest absolute Gasteiger partial charge is 0.464 e. The first-order valence-corrected chi connectivity index (χ1v) is 6.95. The van der Waals surface area contributed by atoms with E-state index in [1.54, 1.807) is 20.8 Å². The highest BCUT2D eigenvalue weighted by Gasteiger charge is 2.52. The minimum atomic E-state index is -0.720. The maximum Gasteiger partial charge on any atom is 0.354 e. The quantitative estimate of drug-likeness (QED) is 0.470. The van der Waals surface area contributed by atoms with Crippen molar-refractivity contribution in [1.29, 1.82) is 0 Å². The molecule has 3 atom stereocenters. The number of aliphatic hydroxyl groups excluding tert-OH is 1. The molecule has 1 saturated heterocycles. The van der Waals surface area contributed by atoms with Crippen LogP contribution in [0.2, 0.25) is 0 Å². The molecule has 5 nitrogen and oxygen atoms in total. The minimum absolute atomic E-state index is 0.221. The van der Waals surface area contributed by atoms with Crippen molar-refractivity contribution in [3.63, 3.8) is 0 Å². The fourth-order valence-corrected chi connectivity index (χ4v) is 3.12. The molecule has 102 valence electrons. The molecule has 0 saturated carbocycles. The van der Waals surface area contributed by atoms with Crippen molar-refractivity contribution in [2.45, 2.75) is 32.2 Å². The van der Waals surface area contributed by atoms with Gasteiger partial charge in [0.15, 0.2) is 0 Å². The number of allylic oxidation sites excluding steroid dienone is 1. The first-order chi connectivity index (χ1) is 8.36. The number of nitrogens with zero attached hydrogens (tertiary/aromatic N) is 1. The van der Waals surface area contributed by atoms with Gasteiger partial charge in [-0.15, -0.1) is 11.8 Å². The lowest BCUT2D eigenvalue weighted by Gasteiger charge is -2.47. The van der Waals surface area contributed by atoms with Crippen molar-refractivity contribution < 1.29 is 19.4 Å². The van der Waals surface area contributed by atoms with Crippen LogP contribution in [0.25, 0.3) is 0 Å². The maximum atomic E-state index is 12.0. The lowest BCUT2D eigenvalue weighted by atomic mass is 9.91. The molecule has 0 aromatic carbocycles. The van der Waals surface area contributed by atoms with Crippen LogP contribution in [0, 0.1) is 5.92 Å². The molecule has 1 amide bonds. The second kappa shape index (κ2) is 5.75. The Hall–Kier alpha value is -1.01. The highest BCUT2D eigenvalue weighted by Crippen LogP contribution is 2.39. The first-order valence-electron chi connectivity index (χ1n) is 5.66. The standard InChI is InChI=1S/C12H19NO4S/c1-6(2)9(12(16)17-4)13-10(15)8(7(3)14)11(13)18-5/h7-8,11,14H,1-5H3/t7-,8+,11-/m1/s1. The number of carbonyl (C=O) groups excluding carboxylic acids is 2. The van der Waals surface area contributed by atoms with Crippen LogP contribution >= 0.6 is 11.8 Å². The highest BCUT2D eigenvalue weighted by molar-refractivity contribution is 7.99. The number of aliphatic hydroxyl groups is 1. The van der Waals surface area contributed by atoms with Gasteiger partial charge in [-0.3, -0.25) is 9.69 Å². The summed E-state index contributed by atoms with van der Waals surface area (Å²) < 4.78 is 4.70. The van der Waals surface area contributed by atoms with Crippen LogP contribution in [0.15, 0.2) is 11.3 Å². The van der Waals surface area contributed by atoms with E-state index in [2.05, 4.69) is 0 Å². The average Bonchev–Trinajstić information content (AvgIpc) is 2.29. The van der Waals surface area contributed by atoms with Crippen LogP contribution in [0.5, 0.6) is 0 Å². The van der Waals surface area contributed by atoms with Crippen molar-refractivity contribution in [1.82, 2.24) is 4.90 Å². The van der Waals surface area contributed by atoms with E-state index < -0.39 is 18.0 Å². The maximum absolute atomic E-state index is 12.0. The number of thioether (sulfide) groups is 1. The van der Waals surface area contributed by atoms with Gasteiger partial charge in [0.1, 0.15) is 5.70 Å². The van der Waals surface area contributed by atoms with E-state index in [0.717, 1.165) is 5.57 Å². The monoisotopic (exact) mass is 273 g/mol. The molecular weight excluding hydrogens is 254 g/mol. The van der Waals surface area contributed by atoms with Crippen molar-refractivity contribution >= 4 is 23.6 Å². The van der Waals surface area contributed by atoms with Crippen molar-refractivity contribution in [2.75, 3.05) is 13.4 Å². The molecule has 1 aliphatic heterocycles. The van der Waals surface area contributed by atoms with Crippen LogP contribution in [0.1, 0.15) is 20.8 Å². The van der Waals surface area contributed by atoms with Gasteiger partial charge in [-0.05, 0) is 32.6 Å². The fourth-order valence-electron chi connectivity index (χ4n) is 2.06. The van der Waals surface area contributed by atoms with Gasteiger partial charge < -0.3 is 9.84 Å². The zero-order valence-corrected chi connectivity index (χ0v) is 12.1. The summed E-state index contributed by atoms with van der Waals surface area (Å²) in [6.07, 6.45) is 1.13. The number of carbonyl (C=O) groups is 2. The van der Waals surface area contributed by atoms with E-state index >= 15 is 0 Å². The summed E-state index contributed by atoms with van der Waals surface area (Å²) in [6.45, 7) is 5.10. The number of likely N-dealkylation sites (tertiary alicyclic amines) is 1. The van der Waals surface area contributed by atoms with Crippen molar-refractivity contribution in [3.8, 4) is 0 Å². The van der Waals surface area contributed by atoms with Gasteiger partial charge in [0.2, 0.25) is 5.91 Å². The molecule has 0 spiro atoms. The van der Waals surface area contributed by atoms with Crippen LogP contribution in [-0.2, 0) is 14.3 Å². The number of ether oxygens (including phenoxy) is 1. The molecule has 1 aliphatic rings. The second-order valence-electron chi connectivity index (χ2n) is 4.44. The van der Waals surface area contributed by atoms with E-state index in [-0.39, 0.29) is 17.0 Å². The Labute approximate surface area is 111 Å². The first kappa shape index (κ1) is 15.0. The topological polar surface area (TPSA) is 66.8 Å². The van der Waals surface area contributed by atoms with Gasteiger partial charge in [-0.2, -0.15) is 0 Å². The Bertz CT molecular complexity index is 388. The van der Waals surface area contributed by atoms with Crippen LogP contribution in [0.3, 0.4) is 0 Å². The third kappa shape index (κ3) is 2.40. The van der Waals surface area contributed by atoms with Gasteiger partial charge >= 0.3 is 5.97 Å². The molecule has 0 bridgehead atoms. The molecule has 1 N–H and O–H groups in total. The molecule has 18 heavy (non-hydrogen) atoms. The lowest BCUT2D eigenvalue weighted by molar-refractivity contribution is -0.158. The smallest absolute Gasteiger partial charge is 0.354 e. The number of methoxy groups -OCH3 is 1. The molecular formula is C12H19NO4S. The Balaban J connectivity index is 3.06. The fraction of sp³-hybridized carbons (Fsp3) is 0.667. The lowest BCUT2D eigenvalue weighted by Crippen LogP contribution is -2.62. The highest BCUT2D eigenvalue weighted by atomic mass is 32.2. The molecule has 0 aromatic heterocycles. The van der Waals surface area contributed by atoms with Gasteiger partial charge in [0, 0.05) is 0 Å². The second-order valence-corrected chi connectivity index (χ2v) is 5.40. The Morgan fingerprint density at radius 3 is 2.39 bits per heavy atom. The Morgan fingerprint density at radius 1 is 1.50 bits per heavy atom. The number of amides is 1. The number of β-lactam (4-membered cyclic amide) rings is 1. The molecule has 1 heterocycles. The normalized spacial score (nSPS) is 24.3. The molecule has 1 fully saturated rings. The average molecular weight is 273 g/mol.